The number of benzene rings is 2. The molecule has 0 N–H and O–H groups in total. The average Bonchev–Trinajstić information content (AvgIpc) is 2.54. The summed E-state index contributed by atoms with van der Waals surface area (Å²) in [5.74, 6) is 0.640. The van der Waals surface area contributed by atoms with E-state index >= 15 is 0 Å². The minimum absolute atomic E-state index is 0.640. The van der Waals surface area contributed by atoms with Crippen LogP contribution in [-0.2, 0) is 6.42 Å². The fourth-order valence-corrected chi connectivity index (χ4v) is 2.84. The molecule has 3 aromatic rings. The van der Waals surface area contributed by atoms with Crippen molar-refractivity contribution in [2.24, 2.45) is 0 Å². The van der Waals surface area contributed by atoms with Crippen LogP contribution in [0.1, 0.15) is 12.5 Å². The van der Waals surface area contributed by atoms with E-state index in [0.29, 0.717) is 5.88 Å². The fourth-order valence-electron chi connectivity index (χ4n) is 2.48. The van der Waals surface area contributed by atoms with Crippen LogP contribution >= 0.6 is 15.9 Å². The maximum Gasteiger partial charge on any atom is 0.214 e. The lowest BCUT2D eigenvalue weighted by Crippen LogP contribution is -1.92. The summed E-state index contributed by atoms with van der Waals surface area (Å²) < 4.78 is 6.40. The van der Waals surface area contributed by atoms with Crippen LogP contribution in [0.5, 0.6) is 5.88 Å². The van der Waals surface area contributed by atoms with Crippen LogP contribution in [0.25, 0.3) is 22.0 Å². The Morgan fingerprint density at radius 1 is 1.10 bits per heavy atom. The second kappa shape index (κ2) is 5.86. The summed E-state index contributed by atoms with van der Waals surface area (Å²) in [5, 5.41) is 1.12. The van der Waals surface area contributed by atoms with Crippen LogP contribution in [0.15, 0.2) is 53.0 Å². The number of ether oxygens (including phenoxy) is 1. The van der Waals surface area contributed by atoms with E-state index in [1.807, 2.05) is 18.2 Å². The Labute approximate surface area is 132 Å². The molecule has 0 radical (unpaired) electrons. The number of aryl methyl sites for hydroxylation is 1. The highest BCUT2D eigenvalue weighted by atomic mass is 79.9. The number of halogens is 1. The predicted molar refractivity (Wildman–Crippen MR) is 90.8 cm³/mol. The highest BCUT2D eigenvalue weighted by Gasteiger charge is 2.09. The van der Waals surface area contributed by atoms with Crippen LogP contribution in [0.2, 0.25) is 0 Å². The van der Waals surface area contributed by atoms with E-state index in [0.717, 1.165) is 27.4 Å². The number of pyridine rings is 1. The molecule has 0 aliphatic carbocycles. The van der Waals surface area contributed by atoms with Gasteiger partial charge in [-0.3, -0.25) is 0 Å². The van der Waals surface area contributed by atoms with Gasteiger partial charge in [-0.15, -0.1) is 0 Å². The first-order chi connectivity index (χ1) is 10.2. The van der Waals surface area contributed by atoms with Crippen molar-refractivity contribution in [1.82, 2.24) is 4.98 Å². The van der Waals surface area contributed by atoms with E-state index < -0.39 is 0 Å². The molecular weight excluding hydrogens is 326 g/mol. The van der Waals surface area contributed by atoms with E-state index in [1.165, 1.54) is 11.1 Å². The summed E-state index contributed by atoms with van der Waals surface area (Å²) in [6.45, 7) is 2.17. The zero-order valence-electron chi connectivity index (χ0n) is 12.1. The third-order valence-electron chi connectivity index (χ3n) is 3.60. The van der Waals surface area contributed by atoms with Gasteiger partial charge in [-0.2, -0.15) is 0 Å². The molecule has 0 aliphatic heterocycles. The van der Waals surface area contributed by atoms with E-state index in [4.69, 9.17) is 4.74 Å². The van der Waals surface area contributed by atoms with Gasteiger partial charge >= 0.3 is 0 Å². The molecule has 1 heterocycles. The molecule has 1 aromatic heterocycles. The molecule has 0 saturated heterocycles. The number of hydrogen-bond acceptors (Lipinski definition) is 2. The van der Waals surface area contributed by atoms with E-state index in [9.17, 15) is 0 Å². The van der Waals surface area contributed by atoms with Gasteiger partial charge in [0.2, 0.25) is 5.88 Å². The summed E-state index contributed by atoms with van der Waals surface area (Å²) in [4.78, 5) is 4.52. The van der Waals surface area contributed by atoms with Gasteiger partial charge in [-0.25, -0.2) is 4.98 Å². The number of rotatable bonds is 3. The third-order valence-corrected chi connectivity index (χ3v) is 4.10. The molecule has 0 aliphatic rings. The van der Waals surface area contributed by atoms with Gasteiger partial charge in [0.25, 0.3) is 0 Å². The zero-order chi connectivity index (χ0) is 14.8. The lowest BCUT2D eigenvalue weighted by Gasteiger charge is -2.10. The summed E-state index contributed by atoms with van der Waals surface area (Å²) in [6, 6.07) is 16.7. The predicted octanol–water partition coefficient (Wildman–Crippen LogP) is 5.24. The van der Waals surface area contributed by atoms with Crippen molar-refractivity contribution in [1.29, 1.82) is 0 Å². The van der Waals surface area contributed by atoms with Gasteiger partial charge < -0.3 is 4.74 Å². The number of methoxy groups -OCH3 is 1. The molecule has 0 spiro atoms. The monoisotopic (exact) mass is 341 g/mol. The van der Waals surface area contributed by atoms with Crippen LogP contribution in [0, 0.1) is 0 Å². The Morgan fingerprint density at radius 2 is 1.95 bits per heavy atom. The van der Waals surface area contributed by atoms with Crippen molar-refractivity contribution in [3.63, 3.8) is 0 Å². The maximum atomic E-state index is 5.35. The fraction of sp³-hybridized carbons (Fsp3) is 0.167. The molecule has 0 unspecified atom stereocenters. The van der Waals surface area contributed by atoms with Crippen molar-refractivity contribution in [3.8, 4) is 17.0 Å². The van der Waals surface area contributed by atoms with E-state index in [1.54, 1.807) is 7.11 Å². The summed E-state index contributed by atoms with van der Waals surface area (Å²) in [7, 11) is 1.65. The van der Waals surface area contributed by atoms with Crippen LogP contribution < -0.4 is 4.74 Å². The average molecular weight is 342 g/mol. The highest BCUT2D eigenvalue weighted by molar-refractivity contribution is 9.10. The minimum atomic E-state index is 0.640. The molecule has 3 rings (SSSR count). The van der Waals surface area contributed by atoms with E-state index in [-0.39, 0.29) is 0 Å². The van der Waals surface area contributed by atoms with Crippen molar-refractivity contribution in [2.75, 3.05) is 7.11 Å². The molecule has 2 nitrogen and oxygen atoms in total. The van der Waals surface area contributed by atoms with Crippen molar-refractivity contribution < 1.29 is 4.74 Å². The molecule has 0 amide bonds. The molecule has 0 bridgehead atoms. The quantitative estimate of drug-likeness (QED) is 0.650. The largest absolute Gasteiger partial charge is 0.481 e. The lowest BCUT2D eigenvalue weighted by molar-refractivity contribution is 0.400. The summed E-state index contributed by atoms with van der Waals surface area (Å²) >= 11 is 3.54. The molecule has 3 heteroatoms. The van der Waals surface area contributed by atoms with E-state index in [2.05, 4.69) is 58.2 Å². The van der Waals surface area contributed by atoms with Gasteiger partial charge in [-0.1, -0.05) is 47.1 Å². The topological polar surface area (TPSA) is 22.1 Å². The van der Waals surface area contributed by atoms with Gasteiger partial charge in [0, 0.05) is 15.9 Å². The minimum Gasteiger partial charge on any atom is -0.481 e. The number of fused-ring (bicyclic) bond motifs is 1. The molecule has 0 atom stereocenters. The van der Waals surface area contributed by atoms with Crippen molar-refractivity contribution in [2.45, 2.75) is 13.3 Å². The molecule has 21 heavy (non-hydrogen) atoms. The van der Waals surface area contributed by atoms with Gasteiger partial charge in [0.15, 0.2) is 0 Å². The van der Waals surface area contributed by atoms with Crippen LogP contribution in [-0.4, -0.2) is 12.1 Å². The molecule has 0 fully saturated rings. The Hall–Kier alpha value is -1.87. The third kappa shape index (κ3) is 2.79. The summed E-state index contributed by atoms with van der Waals surface area (Å²) in [5.41, 5.74) is 4.60. The number of hydrogen-bond donors (Lipinski definition) is 0. The molecule has 0 saturated carbocycles. The molecular formula is C18H16BrNO. The lowest BCUT2D eigenvalue weighted by atomic mass is 9.99. The van der Waals surface area contributed by atoms with Crippen molar-refractivity contribution in [3.05, 3.63) is 58.6 Å². The van der Waals surface area contributed by atoms with Gasteiger partial charge in [0.1, 0.15) is 0 Å². The second-order valence-corrected chi connectivity index (χ2v) is 5.84. The first kappa shape index (κ1) is 14.1. The second-order valence-electron chi connectivity index (χ2n) is 4.93. The van der Waals surface area contributed by atoms with Crippen molar-refractivity contribution >= 4 is 26.8 Å². The Bertz CT molecular complexity index is 798. The van der Waals surface area contributed by atoms with Crippen LogP contribution in [0.3, 0.4) is 0 Å². The zero-order valence-corrected chi connectivity index (χ0v) is 13.6. The Kier molecular flexibility index (Phi) is 3.93. The first-order valence-electron chi connectivity index (χ1n) is 6.95. The normalized spacial score (nSPS) is 10.8. The molecule has 2 aromatic carbocycles. The SMILES string of the molecule is CCc1cccc(-c2cc(OC)nc3ccc(Br)cc23)c1. The number of nitrogens with zero attached hydrogens (tertiary/aromatic N) is 1. The van der Waals surface area contributed by atoms with Crippen LogP contribution in [0.4, 0.5) is 0 Å². The Balaban J connectivity index is 2.30. The summed E-state index contributed by atoms with van der Waals surface area (Å²) in [6.07, 6.45) is 1.03. The highest BCUT2D eigenvalue weighted by Crippen LogP contribution is 2.33. The Morgan fingerprint density at radius 3 is 2.71 bits per heavy atom. The maximum absolute atomic E-state index is 5.35. The smallest absolute Gasteiger partial charge is 0.214 e. The first-order valence-corrected chi connectivity index (χ1v) is 7.74. The van der Waals surface area contributed by atoms with Gasteiger partial charge in [-0.05, 0) is 41.3 Å². The standard InChI is InChI=1S/C18H16BrNO/c1-3-12-5-4-6-13(9-12)15-11-18(21-2)20-17-8-7-14(19)10-16(15)17/h4-11H,3H2,1-2H3. The molecule has 106 valence electrons. The number of aromatic nitrogens is 1. The van der Waals surface area contributed by atoms with Gasteiger partial charge in [0.05, 0.1) is 12.6 Å².